The van der Waals surface area contributed by atoms with Crippen LogP contribution >= 0.6 is 34.8 Å². The monoisotopic (exact) mass is 274 g/mol. The average Bonchev–Trinajstić information content (AvgIpc) is 2.63. The van der Waals surface area contributed by atoms with Gasteiger partial charge in [-0.1, -0.05) is 29.3 Å². The van der Waals surface area contributed by atoms with Crippen LogP contribution in [0.15, 0.2) is 34.9 Å². The fraction of sp³-hybridized carbons (Fsp3) is 0.167. The summed E-state index contributed by atoms with van der Waals surface area (Å²) in [6, 6.07) is 7.13. The standard InChI is InChI=1S/C12H9Cl3O/c1-7-9(4-5-16-7)12(15)10-3-2-8(13)6-11(10)14/h2-6,12H,1H3. The molecule has 0 spiro atoms. The third kappa shape index (κ3) is 2.22. The molecule has 0 fully saturated rings. The quantitative estimate of drug-likeness (QED) is 0.685. The third-order valence-electron chi connectivity index (χ3n) is 2.41. The molecule has 0 bridgehead atoms. The summed E-state index contributed by atoms with van der Waals surface area (Å²) in [5.41, 5.74) is 1.75. The maximum atomic E-state index is 6.35. The van der Waals surface area contributed by atoms with Gasteiger partial charge in [-0.15, -0.1) is 11.6 Å². The van der Waals surface area contributed by atoms with Gasteiger partial charge < -0.3 is 4.42 Å². The van der Waals surface area contributed by atoms with Crippen molar-refractivity contribution in [2.45, 2.75) is 12.3 Å². The summed E-state index contributed by atoms with van der Waals surface area (Å²) in [7, 11) is 0. The zero-order chi connectivity index (χ0) is 11.7. The first-order valence-electron chi connectivity index (χ1n) is 4.72. The number of furan rings is 1. The van der Waals surface area contributed by atoms with Crippen LogP contribution in [0.3, 0.4) is 0 Å². The van der Waals surface area contributed by atoms with Crippen LogP contribution in [0.25, 0.3) is 0 Å². The van der Waals surface area contributed by atoms with Gasteiger partial charge in [0.25, 0.3) is 0 Å². The molecule has 2 rings (SSSR count). The summed E-state index contributed by atoms with van der Waals surface area (Å²) in [5.74, 6) is 0.797. The highest BCUT2D eigenvalue weighted by molar-refractivity contribution is 6.36. The molecule has 0 radical (unpaired) electrons. The number of benzene rings is 1. The van der Waals surface area contributed by atoms with E-state index in [2.05, 4.69) is 0 Å². The second-order valence-electron chi connectivity index (χ2n) is 3.46. The second kappa shape index (κ2) is 4.70. The Hall–Kier alpha value is -0.630. The van der Waals surface area contributed by atoms with Crippen LogP contribution in [0.5, 0.6) is 0 Å². The highest BCUT2D eigenvalue weighted by Gasteiger charge is 2.17. The minimum atomic E-state index is -0.316. The molecule has 0 aliphatic carbocycles. The molecule has 1 atom stereocenters. The fourth-order valence-corrected chi connectivity index (χ4v) is 2.52. The van der Waals surface area contributed by atoms with Crippen molar-refractivity contribution in [2.75, 3.05) is 0 Å². The third-order valence-corrected chi connectivity index (χ3v) is 3.44. The molecule has 1 unspecified atom stereocenters. The van der Waals surface area contributed by atoms with Gasteiger partial charge in [-0.05, 0) is 30.7 Å². The van der Waals surface area contributed by atoms with Crippen molar-refractivity contribution in [1.82, 2.24) is 0 Å². The maximum absolute atomic E-state index is 6.35. The smallest absolute Gasteiger partial charge is 0.105 e. The maximum Gasteiger partial charge on any atom is 0.105 e. The molecule has 4 heteroatoms. The van der Waals surface area contributed by atoms with Crippen LogP contribution in [0.4, 0.5) is 0 Å². The Bertz CT molecular complexity index is 505. The molecule has 1 aromatic heterocycles. The summed E-state index contributed by atoms with van der Waals surface area (Å²) in [4.78, 5) is 0. The van der Waals surface area contributed by atoms with Crippen molar-refractivity contribution in [2.24, 2.45) is 0 Å². The van der Waals surface area contributed by atoms with E-state index in [-0.39, 0.29) is 5.38 Å². The Morgan fingerprint density at radius 3 is 2.44 bits per heavy atom. The normalized spacial score (nSPS) is 12.8. The number of halogens is 3. The highest BCUT2D eigenvalue weighted by Crippen LogP contribution is 2.36. The van der Waals surface area contributed by atoms with Gasteiger partial charge in [0.05, 0.1) is 11.6 Å². The average molecular weight is 276 g/mol. The van der Waals surface area contributed by atoms with Gasteiger partial charge in [0.1, 0.15) is 5.76 Å². The van der Waals surface area contributed by atoms with Crippen molar-refractivity contribution in [3.8, 4) is 0 Å². The van der Waals surface area contributed by atoms with E-state index in [1.54, 1.807) is 18.4 Å². The van der Waals surface area contributed by atoms with Gasteiger partial charge in [-0.3, -0.25) is 0 Å². The number of rotatable bonds is 2. The van der Waals surface area contributed by atoms with Gasteiger partial charge in [-0.25, -0.2) is 0 Å². The Morgan fingerprint density at radius 1 is 1.12 bits per heavy atom. The first kappa shape index (κ1) is 11.8. The van der Waals surface area contributed by atoms with Crippen molar-refractivity contribution in [3.05, 3.63) is 57.5 Å². The highest BCUT2D eigenvalue weighted by atomic mass is 35.5. The van der Waals surface area contributed by atoms with Crippen LogP contribution in [0.1, 0.15) is 22.3 Å². The SMILES string of the molecule is Cc1occc1C(Cl)c1ccc(Cl)cc1Cl. The number of aryl methyl sites for hydroxylation is 1. The summed E-state index contributed by atoms with van der Waals surface area (Å²) >= 11 is 18.3. The predicted octanol–water partition coefficient (Wildman–Crippen LogP) is 5.22. The lowest BCUT2D eigenvalue weighted by Gasteiger charge is -2.11. The summed E-state index contributed by atoms with van der Waals surface area (Å²) in [5, 5.41) is 0.846. The van der Waals surface area contributed by atoms with Crippen molar-refractivity contribution >= 4 is 34.8 Å². The Labute approximate surface area is 109 Å². The lowest BCUT2D eigenvalue weighted by atomic mass is 10.1. The van der Waals surface area contributed by atoms with Gasteiger partial charge in [0.15, 0.2) is 0 Å². The van der Waals surface area contributed by atoms with Gasteiger partial charge in [-0.2, -0.15) is 0 Å². The Morgan fingerprint density at radius 2 is 1.88 bits per heavy atom. The summed E-state index contributed by atoms with van der Waals surface area (Å²) in [6.07, 6.45) is 1.61. The first-order chi connectivity index (χ1) is 7.59. The number of hydrogen-bond donors (Lipinski definition) is 0. The number of alkyl halides is 1. The van der Waals surface area contributed by atoms with Gasteiger partial charge in [0.2, 0.25) is 0 Å². The minimum absolute atomic E-state index is 0.316. The van der Waals surface area contributed by atoms with Crippen LogP contribution in [-0.2, 0) is 0 Å². The molecule has 16 heavy (non-hydrogen) atoms. The molecule has 0 aliphatic rings. The van der Waals surface area contributed by atoms with Gasteiger partial charge in [0, 0.05) is 15.6 Å². The first-order valence-corrected chi connectivity index (χ1v) is 5.92. The van der Waals surface area contributed by atoms with Crippen molar-refractivity contribution in [1.29, 1.82) is 0 Å². The summed E-state index contributed by atoms with van der Waals surface area (Å²) < 4.78 is 5.22. The van der Waals surface area contributed by atoms with Crippen LogP contribution in [-0.4, -0.2) is 0 Å². The minimum Gasteiger partial charge on any atom is -0.469 e. The van der Waals surface area contributed by atoms with E-state index in [4.69, 9.17) is 39.2 Å². The topological polar surface area (TPSA) is 13.1 Å². The largest absolute Gasteiger partial charge is 0.469 e. The van der Waals surface area contributed by atoms with E-state index in [1.165, 1.54) is 0 Å². The molecule has 0 saturated heterocycles. The van der Waals surface area contributed by atoms with E-state index >= 15 is 0 Å². The second-order valence-corrected chi connectivity index (χ2v) is 4.74. The van der Waals surface area contributed by atoms with E-state index in [9.17, 15) is 0 Å². The van der Waals surface area contributed by atoms with Crippen LogP contribution < -0.4 is 0 Å². The van der Waals surface area contributed by atoms with Crippen LogP contribution in [0, 0.1) is 6.92 Å². The van der Waals surface area contributed by atoms with E-state index in [0.717, 1.165) is 16.9 Å². The van der Waals surface area contributed by atoms with Gasteiger partial charge >= 0.3 is 0 Å². The van der Waals surface area contributed by atoms with E-state index < -0.39 is 0 Å². The molecule has 84 valence electrons. The zero-order valence-electron chi connectivity index (χ0n) is 8.51. The van der Waals surface area contributed by atoms with Crippen molar-refractivity contribution in [3.63, 3.8) is 0 Å². The molecule has 1 aromatic carbocycles. The van der Waals surface area contributed by atoms with Crippen molar-refractivity contribution < 1.29 is 4.42 Å². The van der Waals surface area contributed by atoms with Crippen LogP contribution in [0.2, 0.25) is 10.0 Å². The fourth-order valence-electron chi connectivity index (χ4n) is 1.53. The zero-order valence-corrected chi connectivity index (χ0v) is 10.8. The molecule has 0 N–H and O–H groups in total. The molecule has 2 aromatic rings. The lowest BCUT2D eigenvalue weighted by Crippen LogP contribution is -1.94. The molecular weight excluding hydrogens is 266 g/mol. The molecule has 1 nitrogen and oxygen atoms in total. The number of hydrogen-bond acceptors (Lipinski definition) is 1. The molecular formula is C12H9Cl3O. The van der Waals surface area contributed by atoms with E-state index in [0.29, 0.717) is 10.0 Å². The lowest BCUT2D eigenvalue weighted by molar-refractivity contribution is 0.530. The Kier molecular flexibility index (Phi) is 3.48. The predicted molar refractivity (Wildman–Crippen MR) is 67.6 cm³/mol. The molecule has 1 heterocycles. The molecule has 0 saturated carbocycles. The molecule has 0 amide bonds. The van der Waals surface area contributed by atoms with E-state index in [1.807, 2.05) is 19.1 Å². The Balaban J connectivity index is 2.41. The molecule has 0 aliphatic heterocycles. The summed E-state index contributed by atoms with van der Waals surface area (Å²) in [6.45, 7) is 1.87.